The Morgan fingerprint density at radius 3 is 3.00 bits per heavy atom. The van der Waals surface area contributed by atoms with E-state index in [4.69, 9.17) is 11.6 Å². The van der Waals surface area contributed by atoms with Crippen LogP contribution in [-0.4, -0.2) is 52.0 Å². The molecule has 1 aliphatic heterocycles. The molecule has 1 fully saturated rings. The van der Waals surface area contributed by atoms with E-state index < -0.39 is 0 Å². The van der Waals surface area contributed by atoms with Crippen LogP contribution in [0.15, 0.2) is 0 Å². The molecule has 7 heteroatoms. The molecule has 1 unspecified atom stereocenters. The minimum absolute atomic E-state index is 0.0391. The zero-order chi connectivity index (χ0) is 12.4. The van der Waals surface area contributed by atoms with Crippen LogP contribution in [0.3, 0.4) is 0 Å². The maximum absolute atomic E-state index is 12.0. The van der Waals surface area contributed by atoms with Gasteiger partial charge in [0.15, 0.2) is 0 Å². The molecule has 5 nitrogen and oxygen atoms in total. The van der Waals surface area contributed by atoms with Crippen LogP contribution in [0.1, 0.15) is 18.5 Å². The van der Waals surface area contributed by atoms with Gasteiger partial charge in [-0.25, -0.2) is 0 Å². The highest BCUT2D eigenvalue weighted by Gasteiger charge is 2.32. The minimum atomic E-state index is -0.0391. The number of likely N-dealkylation sites (tertiary alicyclic amines) is 1. The Hall–Kier alpha value is -0.720. The SMILES string of the molecule is CN(C)C(=O)C1CCCN1Cc1nnsc1Cl. The maximum Gasteiger partial charge on any atom is 0.239 e. The summed E-state index contributed by atoms with van der Waals surface area (Å²) in [6.45, 7) is 1.53. The Kier molecular flexibility index (Phi) is 3.96. The van der Waals surface area contributed by atoms with Gasteiger partial charge in [0.2, 0.25) is 5.91 Å². The van der Waals surface area contributed by atoms with Crippen molar-refractivity contribution in [3.8, 4) is 0 Å². The van der Waals surface area contributed by atoms with E-state index in [1.54, 1.807) is 19.0 Å². The molecular formula is C10H15ClN4OS. The summed E-state index contributed by atoms with van der Waals surface area (Å²) in [6, 6.07) is -0.0391. The quantitative estimate of drug-likeness (QED) is 0.832. The van der Waals surface area contributed by atoms with Gasteiger partial charge in [-0.15, -0.1) is 5.10 Å². The predicted molar refractivity (Wildman–Crippen MR) is 67.0 cm³/mol. The molecule has 0 aromatic carbocycles. The highest BCUT2D eigenvalue weighted by atomic mass is 35.5. The third kappa shape index (κ3) is 2.75. The summed E-state index contributed by atoms with van der Waals surface area (Å²) in [4.78, 5) is 15.8. The third-order valence-corrected chi connectivity index (χ3v) is 3.94. The lowest BCUT2D eigenvalue weighted by Crippen LogP contribution is -2.42. The van der Waals surface area contributed by atoms with E-state index in [1.165, 1.54) is 11.5 Å². The Morgan fingerprint density at radius 1 is 1.65 bits per heavy atom. The first-order valence-electron chi connectivity index (χ1n) is 5.51. The van der Waals surface area contributed by atoms with Gasteiger partial charge in [0.25, 0.3) is 0 Å². The van der Waals surface area contributed by atoms with Crippen molar-refractivity contribution in [2.45, 2.75) is 25.4 Å². The summed E-state index contributed by atoms with van der Waals surface area (Å²) in [5, 5.41) is 3.99. The van der Waals surface area contributed by atoms with Crippen LogP contribution in [0.4, 0.5) is 0 Å². The normalized spacial score (nSPS) is 20.8. The average molecular weight is 275 g/mol. The smallest absolute Gasteiger partial charge is 0.239 e. The van der Waals surface area contributed by atoms with Crippen LogP contribution < -0.4 is 0 Å². The Bertz CT molecular complexity index is 409. The van der Waals surface area contributed by atoms with Crippen molar-refractivity contribution in [2.75, 3.05) is 20.6 Å². The number of carbonyl (C=O) groups is 1. The van der Waals surface area contributed by atoms with E-state index >= 15 is 0 Å². The van der Waals surface area contributed by atoms with Gasteiger partial charge in [0.05, 0.1) is 6.04 Å². The molecule has 0 bridgehead atoms. The van der Waals surface area contributed by atoms with Crippen LogP contribution >= 0.6 is 23.1 Å². The number of likely N-dealkylation sites (N-methyl/N-ethyl adjacent to an activating group) is 1. The summed E-state index contributed by atoms with van der Waals surface area (Å²) in [5.41, 5.74) is 0.773. The summed E-state index contributed by atoms with van der Waals surface area (Å²) in [7, 11) is 3.58. The molecule has 2 heterocycles. The maximum atomic E-state index is 12.0. The van der Waals surface area contributed by atoms with Gasteiger partial charge in [-0.3, -0.25) is 9.69 Å². The van der Waals surface area contributed by atoms with Gasteiger partial charge in [-0.1, -0.05) is 16.1 Å². The van der Waals surface area contributed by atoms with Gasteiger partial charge < -0.3 is 4.90 Å². The molecule has 0 spiro atoms. The van der Waals surface area contributed by atoms with Gasteiger partial charge in [-0.2, -0.15) is 0 Å². The van der Waals surface area contributed by atoms with Gasteiger partial charge in [0, 0.05) is 32.2 Å². The van der Waals surface area contributed by atoms with Crippen LogP contribution in [-0.2, 0) is 11.3 Å². The number of amides is 1. The fourth-order valence-corrected chi connectivity index (χ4v) is 2.69. The fourth-order valence-electron chi connectivity index (χ4n) is 2.08. The molecule has 1 aliphatic rings. The molecule has 17 heavy (non-hydrogen) atoms. The third-order valence-electron chi connectivity index (χ3n) is 2.95. The van der Waals surface area contributed by atoms with Gasteiger partial charge in [-0.05, 0) is 19.4 Å². The Balaban J connectivity index is 2.05. The molecule has 0 radical (unpaired) electrons. The minimum Gasteiger partial charge on any atom is -0.347 e. The second-order valence-electron chi connectivity index (χ2n) is 4.35. The Morgan fingerprint density at radius 2 is 2.41 bits per heavy atom. The van der Waals surface area contributed by atoms with Crippen molar-refractivity contribution in [3.05, 3.63) is 10.0 Å². The molecule has 1 aromatic heterocycles. The molecular weight excluding hydrogens is 260 g/mol. The number of nitrogens with zero attached hydrogens (tertiary/aromatic N) is 4. The van der Waals surface area contributed by atoms with Crippen molar-refractivity contribution in [3.63, 3.8) is 0 Å². The van der Waals surface area contributed by atoms with Gasteiger partial charge in [0.1, 0.15) is 10.0 Å². The van der Waals surface area contributed by atoms with Crippen LogP contribution in [0.2, 0.25) is 4.34 Å². The number of halogens is 1. The van der Waals surface area contributed by atoms with Crippen molar-refractivity contribution >= 4 is 29.0 Å². The molecule has 1 saturated heterocycles. The van der Waals surface area contributed by atoms with Gasteiger partial charge >= 0.3 is 0 Å². The number of aromatic nitrogens is 2. The van der Waals surface area contributed by atoms with Crippen molar-refractivity contribution in [2.24, 2.45) is 0 Å². The highest BCUT2D eigenvalue weighted by molar-refractivity contribution is 7.10. The first-order chi connectivity index (χ1) is 8.09. The Labute approximate surface area is 110 Å². The topological polar surface area (TPSA) is 49.3 Å². The first-order valence-corrected chi connectivity index (χ1v) is 6.66. The molecule has 1 atom stereocenters. The number of hydrogen-bond acceptors (Lipinski definition) is 5. The zero-order valence-electron chi connectivity index (χ0n) is 9.89. The van der Waals surface area contributed by atoms with E-state index in [1.807, 2.05) is 0 Å². The van der Waals surface area contributed by atoms with E-state index in [0.29, 0.717) is 10.9 Å². The summed E-state index contributed by atoms with van der Waals surface area (Å²) >= 11 is 7.17. The van der Waals surface area contributed by atoms with Crippen LogP contribution in [0, 0.1) is 0 Å². The fraction of sp³-hybridized carbons (Fsp3) is 0.700. The molecule has 0 N–H and O–H groups in total. The largest absolute Gasteiger partial charge is 0.347 e. The molecule has 94 valence electrons. The monoisotopic (exact) mass is 274 g/mol. The summed E-state index contributed by atoms with van der Waals surface area (Å²) in [5.74, 6) is 0.154. The van der Waals surface area contributed by atoms with Crippen LogP contribution in [0.5, 0.6) is 0 Å². The number of rotatable bonds is 3. The summed E-state index contributed by atoms with van der Waals surface area (Å²) < 4.78 is 4.42. The standard InChI is InChI=1S/C10H15ClN4OS/c1-14(2)10(16)8-4-3-5-15(8)6-7-9(11)17-13-12-7/h8H,3-6H2,1-2H3. The average Bonchev–Trinajstić information content (AvgIpc) is 2.88. The van der Waals surface area contributed by atoms with E-state index in [2.05, 4.69) is 14.5 Å². The van der Waals surface area contributed by atoms with Crippen molar-refractivity contribution in [1.29, 1.82) is 0 Å². The molecule has 1 amide bonds. The molecule has 0 saturated carbocycles. The second-order valence-corrected chi connectivity index (χ2v) is 5.71. The van der Waals surface area contributed by atoms with E-state index in [-0.39, 0.29) is 11.9 Å². The number of carbonyl (C=O) groups excluding carboxylic acids is 1. The van der Waals surface area contributed by atoms with E-state index in [9.17, 15) is 4.79 Å². The second kappa shape index (κ2) is 5.29. The zero-order valence-corrected chi connectivity index (χ0v) is 11.5. The predicted octanol–water partition coefficient (Wildman–Crippen LogP) is 1.24. The lowest BCUT2D eigenvalue weighted by Gasteiger charge is -2.25. The molecule has 2 rings (SSSR count). The van der Waals surface area contributed by atoms with Crippen molar-refractivity contribution in [1.82, 2.24) is 19.4 Å². The van der Waals surface area contributed by atoms with Crippen LogP contribution in [0.25, 0.3) is 0 Å². The van der Waals surface area contributed by atoms with E-state index in [0.717, 1.165) is 25.1 Å². The molecule has 1 aromatic rings. The lowest BCUT2D eigenvalue weighted by atomic mass is 10.2. The highest BCUT2D eigenvalue weighted by Crippen LogP contribution is 2.24. The molecule has 0 aliphatic carbocycles. The summed E-state index contributed by atoms with van der Waals surface area (Å²) in [6.07, 6.45) is 1.95. The lowest BCUT2D eigenvalue weighted by molar-refractivity contribution is -0.133. The van der Waals surface area contributed by atoms with Crippen molar-refractivity contribution < 1.29 is 4.79 Å². The number of hydrogen-bond donors (Lipinski definition) is 0. The first kappa shape index (κ1) is 12.7.